The monoisotopic (exact) mass is 307 g/mol. The van der Waals surface area contributed by atoms with Gasteiger partial charge in [-0.2, -0.15) is 8.42 Å². The minimum atomic E-state index is -3.38. The lowest BCUT2D eigenvalue weighted by Gasteiger charge is -2.34. The summed E-state index contributed by atoms with van der Waals surface area (Å²) in [5.74, 6) is 0.262. The van der Waals surface area contributed by atoms with Crippen LogP contribution in [0, 0.1) is 5.92 Å². The lowest BCUT2D eigenvalue weighted by molar-refractivity contribution is 0.0155. The molecule has 1 aliphatic rings. The number of carbonyl (C=O) groups excluding carboxylic acids is 1. The number of carbonyl (C=O) groups is 1. The lowest BCUT2D eigenvalue weighted by Crippen LogP contribution is -2.43. The summed E-state index contributed by atoms with van der Waals surface area (Å²) >= 11 is 0. The van der Waals surface area contributed by atoms with Gasteiger partial charge in [0.1, 0.15) is 5.60 Å². The summed E-state index contributed by atoms with van der Waals surface area (Å²) in [5, 5.41) is 0. The summed E-state index contributed by atoms with van der Waals surface area (Å²) in [6.45, 7) is 6.98. The smallest absolute Gasteiger partial charge is 0.410 e. The number of amides is 1. The molecule has 1 heterocycles. The zero-order valence-electron chi connectivity index (χ0n) is 12.7. The maximum atomic E-state index is 12.0. The van der Waals surface area contributed by atoms with E-state index in [-0.39, 0.29) is 18.6 Å². The van der Waals surface area contributed by atoms with E-state index in [0.29, 0.717) is 19.5 Å². The zero-order chi connectivity index (χ0) is 15.4. The van der Waals surface area contributed by atoms with Crippen LogP contribution >= 0.6 is 0 Å². The Morgan fingerprint density at radius 3 is 2.55 bits per heavy atom. The van der Waals surface area contributed by atoms with E-state index >= 15 is 0 Å². The van der Waals surface area contributed by atoms with Crippen molar-refractivity contribution in [2.75, 3.05) is 26.0 Å². The van der Waals surface area contributed by atoms with Gasteiger partial charge in [0.15, 0.2) is 0 Å². The number of piperidine rings is 1. The van der Waals surface area contributed by atoms with Crippen LogP contribution in [0.5, 0.6) is 0 Å². The van der Waals surface area contributed by atoms with Crippen LogP contribution in [-0.2, 0) is 19.0 Å². The van der Waals surface area contributed by atoms with Crippen molar-refractivity contribution in [1.82, 2.24) is 4.90 Å². The predicted molar refractivity (Wildman–Crippen MR) is 75.9 cm³/mol. The molecule has 0 aromatic carbocycles. The third kappa shape index (κ3) is 7.09. The van der Waals surface area contributed by atoms with Gasteiger partial charge in [0.05, 0.1) is 12.9 Å². The van der Waals surface area contributed by atoms with Crippen LogP contribution in [0.1, 0.15) is 40.0 Å². The Balaban J connectivity index is 2.40. The molecule has 0 N–H and O–H groups in total. The minimum Gasteiger partial charge on any atom is -0.444 e. The molecule has 0 bridgehead atoms. The molecule has 0 radical (unpaired) electrons. The number of hydrogen-bond acceptors (Lipinski definition) is 5. The number of ether oxygens (including phenoxy) is 1. The minimum absolute atomic E-state index is 0.172. The molecule has 1 fully saturated rings. The highest BCUT2D eigenvalue weighted by atomic mass is 32.2. The van der Waals surface area contributed by atoms with Crippen molar-refractivity contribution in [3.63, 3.8) is 0 Å². The van der Waals surface area contributed by atoms with Gasteiger partial charge in [-0.3, -0.25) is 4.18 Å². The normalized spacial score (nSPS) is 20.8. The summed E-state index contributed by atoms with van der Waals surface area (Å²) in [6, 6.07) is 0. The number of likely N-dealkylation sites (tertiary alicyclic amines) is 1. The van der Waals surface area contributed by atoms with Crippen molar-refractivity contribution in [2.45, 2.75) is 45.6 Å². The van der Waals surface area contributed by atoms with Gasteiger partial charge in [0.25, 0.3) is 10.1 Å². The summed E-state index contributed by atoms with van der Waals surface area (Å²) in [6.07, 6.45) is 3.26. The highest BCUT2D eigenvalue weighted by Gasteiger charge is 2.27. The van der Waals surface area contributed by atoms with E-state index in [1.807, 2.05) is 20.8 Å². The second kappa shape index (κ2) is 6.76. The molecule has 20 heavy (non-hydrogen) atoms. The summed E-state index contributed by atoms with van der Waals surface area (Å²) < 4.78 is 31.9. The molecule has 118 valence electrons. The second-order valence-corrected chi connectivity index (χ2v) is 7.89. The van der Waals surface area contributed by atoms with Crippen LogP contribution in [0.25, 0.3) is 0 Å². The molecule has 6 nitrogen and oxygen atoms in total. The van der Waals surface area contributed by atoms with Gasteiger partial charge in [0, 0.05) is 13.1 Å². The van der Waals surface area contributed by atoms with Crippen molar-refractivity contribution >= 4 is 16.2 Å². The Morgan fingerprint density at radius 2 is 2.00 bits per heavy atom. The maximum Gasteiger partial charge on any atom is 0.410 e. The molecule has 1 rings (SSSR count). The van der Waals surface area contributed by atoms with Crippen LogP contribution in [-0.4, -0.2) is 51.0 Å². The van der Waals surface area contributed by atoms with E-state index < -0.39 is 15.7 Å². The van der Waals surface area contributed by atoms with Gasteiger partial charge in [-0.15, -0.1) is 0 Å². The molecule has 0 saturated carbocycles. The van der Waals surface area contributed by atoms with Crippen LogP contribution in [0.15, 0.2) is 0 Å². The van der Waals surface area contributed by atoms with E-state index in [2.05, 4.69) is 0 Å². The van der Waals surface area contributed by atoms with Gasteiger partial charge in [0.2, 0.25) is 0 Å². The van der Waals surface area contributed by atoms with Crippen LogP contribution < -0.4 is 0 Å². The van der Waals surface area contributed by atoms with Gasteiger partial charge in [-0.05, 0) is 46.0 Å². The molecule has 7 heteroatoms. The van der Waals surface area contributed by atoms with Crippen molar-refractivity contribution in [3.8, 4) is 0 Å². The summed E-state index contributed by atoms with van der Waals surface area (Å²) in [5.41, 5.74) is -0.497. The molecular formula is C13H25NO5S. The fraction of sp³-hybridized carbons (Fsp3) is 0.923. The fourth-order valence-corrected chi connectivity index (χ4v) is 2.56. The van der Waals surface area contributed by atoms with Crippen LogP contribution in [0.2, 0.25) is 0 Å². The van der Waals surface area contributed by atoms with Crippen molar-refractivity contribution in [3.05, 3.63) is 0 Å². The molecule has 1 atom stereocenters. The van der Waals surface area contributed by atoms with Crippen LogP contribution in [0.3, 0.4) is 0 Å². The average Bonchev–Trinajstić information content (AvgIpc) is 2.25. The van der Waals surface area contributed by atoms with Gasteiger partial charge < -0.3 is 9.64 Å². The molecule has 0 unspecified atom stereocenters. The van der Waals surface area contributed by atoms with E-state index in [4.69, 9.17) is 8.92 Å². The fourth-order valence-electron chi connectivity index (χ4n) is 2.16. The second-order valence-electron chi connectivity index (χ2n) is 6.25. The first-order chi connectivity index (χ1) is 9.07. The first-order valence-corrected chi connectivity index (χ1v) is 8.71. The third-order valence-electron chi connectivity index (χ3n) is 2.99. The lowest BCUT2D eigenvalue weighted by atomic mass is 9.95. The Hall–Kier alpha value is -0.820. The molecule has 0 spiro atoms. The predicted octanol–water partition coefficient (Wildman–Crippen LogP) is 2.00. The third-order valence-corrected chi connectivity index (χ3v) is 3.59. The first-order valence-electron chi connectivity index (χ1n) is 6.89. The molecule has 0 aromatic heterocycles. The Kier molecular flexibility index (Phi) is 5.82. The highest BCUT2D eigenvalue weighted by Crippen LogP contribution is 2.21. The molecule has 0 aliphatic carbocycles. The largest absolute Gasteiger partial charge is 0.444 e. The van der Waals surface area contributed by atoms with Gasteiger partial charge in [-0.1, -0.05) is 0 Å². The molecule has 1 saturated heterocycles. The van der Waals surface area contributed by atoms with E-state index in [1.165, 1.54) is 0 Å². The zero-order valence-corrected chi connectivity index (χ0v) is 13.5. The number of hydrogen-bond donors (Lipinski definition) is 0. The Bertz CT molecular complexity index is 427. The highest BCUT2D eigenvalue weighted by molar-refractivity contribution is 7.85. The topological polar surface area (TPSA) is 72.9 Å². The number of rotatable bonds is 4. The van der Waals surface area contributed by atoms with Crippen LogP contribution in [0.4, 0.5) is 4.79 Å². The van der Waals surface area contributed by atoms with Gasteiger partial charge >= 0.3 is 6.09 Å². The van der Waals surface area contributed by atoms with E-state index in [0.717, 1.165) is 19.1 Å². The molecule has 0 aromatic rings. The van der Waals surface area contributed by atoms with Gasteiger partial charge in [-0.25, -0.2) is 4.79 Å². The number of nitrogens with zero attached hydrogens (tertiary/aromatic N) is 1. The Labute approximate surface area is 121 Å². The first kappa shape index (κ1) is 17.2. The van der Waals surface area contributed by atoms with Crippen molar-refractivity contribution in [2.24, 2.45) is 5.92 Å². The van der Waals surface area contributed by atoms with Crippen molar-refractivity contribution < 1.29 is 22.1 Å². The van der Waals surface area contributed by atoms with Crippen molar-refractivity contribution in [1.29, 1.82) is 0 Å². The molecular weight excluding hydrogens is 282 g/mol. The molecule has 1 amide bonds. The van der Waals surface area contributed by atoms with E-state index in [9.17, 15) is 13.2 Å². The maximum absolute atomic E-state index is 12.0. The summed E-state index contributed by atoms with van der Waals surface area (Å²) in [7, 11) is -3.38. The molecule has 1 aliphatic heterocycles. The standard InChI is InChI=1S/C13H25NO5S/c1-13(2,3)19-12(15)14-8-5-6-11(10-14)7-9-18-20(4,16)17/h11H,5-10H2,1-4H3/t11-/m1/s1. The SMILES string of the molecule is CC(C)(C)OC(=O)N1CCC[C@H](CCOS(C)(=O)=O)C1. The average molecular weight is 307 g/mol. The quantitative estimate of drug-likeness (QED) is 0.743. The van der Waals surface area contributed by atoms with E-state index in [1.54, 1.807) is 4.90 Å². The summed E-state index contributed by atoms with van der Waals surface area (Å²) in [4.78, 5) is 13.7. The Morgan fingerprint density at radius 1 is 1.35 bits per heavy atom.